The van der Waals surface area contributed by atoms with Gasteiger partial charge < -0.3 is 35.6 Å². The van der Waals surface area contributed by atoms with Crippen molar-refractivity contribution in [2.45, 2.75) is 70.4 Å². The number of ether oxygens (including phenoxy) is 2. The minimum absolute atomic E-state index is 0.0179. The summed E-state index contributed by atoms with van der Waals surface area (Å²) in [4.78, 5) is 39.8. The van der Waals surface area contributed by atoms with E-state index in [0.29, 0.717) is 17.7 Å². The number of para-hydroxylation sites is 1. The summed E-state index contributed by atoms with van der Waals surface area (Å²) in [7, 11) is 1.23. The number of alkyl carbamates (subject to hydrolysis) is 1. The van der Waals surface area contributed by atoms with Crippen LogP contribution in [0.1, 0.15) is 49.9 Å². The summed E-state index contributed by atoms with van der Waals surface area (Å²) in [6.45, 7) is 5.49. The fourth-order valence-corrected chi connectivity index (χ4v) is 5.70. The number of aliphatic hydroxyl groups excluding tert-OH is 2. The monoisotopic (exact) mass is 631 g/mol. The number of benzene rings is 3. The average Bonchev–Trinajstić information content (AvgIpc) is 3.04. The molecular formula is C36H45N3O7. The summed E-state index contributed by atoms with van der Waals surface area (Å²) in [6.07, 6.45) is -2.21. The summed E-state index contributed by atoms with van der Waals surface area (Å²) < 4.78 is 10.4. The molecule has 10 nitrogen and oxygen atoms in total. The lowest BCUT2D eigenvalue weighted by molar-refractivity contribution is -0.128. The highest BCUT2D eigenvalue weighted by Gasteiger charge is 2.37. The van der Waals surface area contributed by atoms with Gasteiger partial charge in [0.15, 0.2) is 0 Å². The van der Waals surface area contributed by atoms with Crippen LogP contribution in [0.25, 0.3) is 0 Å². The lowest BCUT2D eigenvalue weighted by Gasteiger charge is -2.34. The first-order valence-corrected chi connectivity index (χ1v) is 15.6. The molecule has 0 aromatic heterocycles. The Morgan fingerprint density at radius 3 is 2.07 bits per heavy atom. The molecule has 5 N–H and O–H groups in total. The number of hydrogen-bond donors (Lipinski definition) is 5. The number of carbonyl (C=O) groups is 3. The molecule has 1 aliphatic heterocycles. The molecule has 0 fully saturated rings. The summed E-state index contributed by atoms with van der Waals surface area (Å²) >= 11 is 0. The molecule has 1 heterocycles. The number of fused-ring (bicyclic) bond motifs is 1. The van der Waals surface area contributed by atoms with Crippen molar-refractivity contribution in [1.82, 2.24) is 16.0 Å². The van der Waals surface area contributed by atoms with E-state index in [4.69, 9.17) is 9.47 Å². The second kappa shape index (κ2) is 15.7. The molecule has 1 aliphatic rings. The molecule has 0 radical (unpaired) electrons. The SMILES string of the molecule is COC(=O)N[C@H](C(=O)NC(Cc1ccccc1)[C@@H](O)C[C@@H](Cc1ccccc1)C(=O)NC1c2ccccc2OC[C@H]1O)C(C)(C)C. The highest BCUT2D eigenvalue weighted by atomic mass is 16.5. The molecule has 246 valence electrons. The van der Waals surface area contributed by atoms with Crippen LogP contribution in [-0.4, -0.2) is 66.1 Å². The van der Waals surface area contributed by atoms with Crippen LogP contribution in [0.3, 0.4) is 0 Å². The molecule has 0 spiro atoms. The number of amides is 3. The maximum atomic E-state index is 14.0. The van der Waals surface area contributed by atoms with Crippen molar-refractivity contribution < 1.29 is 34.1 Å². The molecule has 2 unspecified atom stereocenters. The van der Waals surface area contributed by atoms with Gasteiger partial charge in [0.1, 0.15) is 24.5 Å². The van der Waals surface area contributed by atoms with Gasteiger partial charge in [0.05, 0.1) is 25.3 Å². The third kappa shape index (κ3) is 9.31. The number of carbonyl (C=O) groups excluding carboxylic acids is 3. The van der Waals surface area contributed by atoms with Crippen molar-refractivity contribution in [2.24, 2.45) is 11.3 Å². The van der Waals surface area contributed by atoms with Crippen LogP contribution in [-0.2, 0) is 27.2 Å². The van der Waals surface area contributed by atoms with E-state index < -0.39 is 53.7 Å². The summed E-state index contributed by atoms with van der Waals surface area (Å²) in [5.41, 5.74) is 1.79. The van der Waals surface area contributed by atoms with Crippen molar-refractivity contribution in [2.75, 3.05) is 13.7 Å². The standard InChI is InChI=1S/C36H45N3O7/c1-36(2,3)32(39-35(44)45-4)34(43)37-27(20-24-15-9-6-10-16-24)28(40)21-25(19-23-13-7-5-8-14-23)33(42)38-31-26-17-11-12-18-30(26)46-22-29(31)41/h5-18,25,27-29,31-32,40-41H,19-22H2,1-4H3,(H,37,43)(H,38,42)(H,39,44)/t25-,27?,28+,29-,31?,32-/m1/s1. The predicted octanol–water partition coefficient (Wildman–Crippen LogP) is 3.71. The Hall–Kier alpha value is -4.41. The highest BCUT2D eigenvalue weighted by Crippen LogP contribution is 2.32. The number of aliphatic hydroxyl groups is 2. The molecule has 4 rings (SSSR count). The Bertz CT molecular complexity index is 1440. The summed E-state index contributed by atoms with van der Waals surface area (Å²) in [6, 6.07) is 23.8. The van der Waals surface area contributed by atoms with E-state index >= 15 is 0 Å². The molecule has 0 bridgehead atoms. The molecule has 6 atom stereocenters. The maximum Gasteiger partial charge on any atom is 0.407 e. The van der Waals surface area contributed by atoms with Crippen molar-refractivity contribution in [3.63, 3.8) is 0 Å². The summed E-state index contributed by atoms with van der Waals surface area (Å²) in [5.74, 6) is -0.934. The second-order valence-corrected chi connectivity index (χ2v) is 12.8. The lowest BCUT2D eigenvalue weighted by Crippen LogP contribution is -2.57. The van der Waals surface area contributed by atoms with Crippen LogP contribution in [0.4, 0.5) is 4.79 Å². The maximum absolute atomic E-state index is 14.0. The third-order valence-corrected chi connectivity index (χ3v) is 8.23. The smallest absolute Gasteiger partial charge is 0.407 e. The van der Waals surface area contributed by atoms with Gasteiger partial charge >= 0.3 is 6.09 Å². The predicted molar refractivity (Wildman–Crippen MR) is 174 cm³/mol. The van der Waals surface area contributed by atoms with E-state index in [0.717, 1.165) is 11.1 Å². The zero-order chi connectivity index (χ0) is 33.3. The Morgan fingerprint density at radius 1 is 0.870 bits per heavy atom. The quantitative estimate of drug-likeness (QED) is 0.205. The number of methoxy groups -OCH3 is 1. The third-order valence-electron chi connectivity index (χ3n) is 8.23. The normalized spacial score (nSPS) is 18.5. The fourth-order valence-electron chi connectivity index (χ4n) is 5.70. The average molecular weight is 632 g/mol. The molecule has 0 saturated heterocycles. The molecule has 3 aromatic rings. The molecule has 0 aliphatic carbocycles. The number of hydrogen-bond acceptors (Lipinski definition) is 7. The Kier molecular flexibility index (Phi) is 11.8. The van der Waals surface area contributed by atoms with Crippen LogP contribution >= 0.6 is 0 Å². The highest BCUT2D eigenvalue weighted by molar-refractivity contribution is 5.86. The minimum Gasteiger partial charge on any atom is -0.490 e. The van der Waals surface area contributed by atoms with Crippen molar-refractivity contribution in [3.05, 3.63) is 102 Å². The van der Waals surface area contributed by atoms with Gasteiger partial charge in [-0.3, -0.25) is 9.59 Å². The van der Waals surface area contributed by atoms with Crippen LogP contribution < -0.4 is 20.7 Å². The van der Waals surface area contributed by atoms with E-state index in [1.54, 1.807) is 6.07 Å². The topological polar surface area (TPSA) is 146 Å². The Labute approximate surface area is 270 Å². The van der Waals surface area contributed by atoms with Gasteiger partial charge in [-0.05, 0) is 41.9 Å². The Balaban J connectivity index is 1.60. The number of nitrogens with one attached hydrogen (secondary N) is 3. The largest absolute Gasteiger partial charge is 0.490 e. The number of rotatable bonds is 12. The van der Waals surface area contributed by atoms with Gasteiger partial charge in [0.25, 0.3) is 0 Å². The molecule has 3 amide bonds. The van der Waals surface area contributed by atoms with Crippen molar-refractivity contribution >= 4 is 17.9 Å². The zero-order valence-electron chi connectivity index (χ0n) is 26.8. The van der Waals surface area contributed by atoms with E-state index in [1.807, 2.05) is 99.6 Å². The van der Waals surface area contributed by atoms with Crippen LogP contribution in [0, 0.1) is 11.3 Å². The van der Waals surface area contributed by atoms with Gasteiger partial charge in [-0.15, -0.1) is 0 Å². The van der Waals surface area contributed by atoms with Gasteiger partial charge in [-0.2, -0.15) is 0 Å². The molecule has 10 heteroatoms. The van der Waals surface area contributed by atoms with E-state index in [1.165, 1.54) is 7.11 Å². The first kappa shape index (κ1) is 34.5. The van der Waals surface area contributed by atoms with Crippen molar-refractivity contribution in [1.29, 1.82) is 0 Å². The Morgan fingerprint density at radius 2 is 1.46 bits per heavy atom. The minimum atomic E-state index is -1.14. The van der Waals surface area contributed by atoms with Gasteiger partial charge in [0.2, 0.25) is 11.8 Å². The summed E-state index contributed by atoms with van der Waals surface area (Å²) in [5, 5.41) is 31.2. The zero-order valence-corrected chi connectivity index (χ0v) is 26.8. The van der Waals surface area contributed by atoms with Gasteiger partial charge in [0, 0.05) is 11.5 Å². The lowest BCUT2D eigenvalue weighted by atomic mass is 9.85. The first-order valence-electron chi connectivity index (χ1n) is 15.6. The van der Waals surface area contributed by atoms with Gasteiger partial charge in [-0.25, -0.2) is 4.79 Å². The van der Waals surface area contributed by atoms with E-state index in [2.05, 4.69) is 16.0 Å². The molecule has 46 heavy (non-hydrogen) atoms. The second-order valence-electron chi connectivity index (χ2n) is 12.8. The molecule has 0 saturated carbocycles. The first-order chi connectivity index (χ1) is 22.0. The van der Waals surface area contributed by atoms with E-state index in [-0.39, 0.29) is 25.4 Å². The molecular weight excluding hydrogens is 586 g/mol. The van der Waals surface area contributed by atoms with E-state index in [9.17, 15) is 24.6 Å². The van der Waals surface area contributed by atoms with Crippen LogP contribution in [0.2, 0.25) is 0 Å². The van der Waals surface area contributed by atoms with Crippen LogP contribution in [0.15, 0.2) is 84.9 Å². The van der Waals surface area contributed by atoms with Crippen LogP contribution in [0.5, 0.6) is 5.75 Å². The van der Waals surface area contributed by atoms with Crippen molar-refractivity contribution in [3.8, 4) is 5.75 Å². The fraction of sp³-hybridized carbons (Fsp3) is 0.417. The molecule has 3 aromatic carbocycles. The van der Waals surface area contributed by atoms with Gasteiger partial charge in [-0.1, -0.05) is 99.6 Å².